The molecule has 0 radical (unpaired) electrons. The van der Waals surface area contributed by atoms with Gasteiger partial charge in [-0.3, -0.25) is 0 Å². The van der Waals surface area contributed by atoms with Gasteiger partial charge in [0.2, 0.25) is 0 Å². The van der Waals surface area contributed by atoms with Gasteiger partial charge in [-0.1, -0.05) is 23.8 Å². The van der Waals surface area contributed by atoms with Crippen molar-refractivity contribution >= 4 is 0 Å². The molecule has 1 nitrogen and oxygen atoms in total. The van der Waals surface area contributed by atoms with Gasteiger partial charge in [0.25, 0.3) is 0 Å². The Labute approximate surface area is 115 Å². The zero-order valence-corrected chi connectivity index (χ0v) is 11.5. The highest BCUT2D eigenvalue weighted by Gasteiger charge is 2.22. The monoisotopic (exact) mass is 280 g/mol. The summed E-state index contributed by atoms with van der Waals surface area (Å²) in [5.41, 5.74) is 2.82. The van der Waals surface area contributed by atoms with Crippen molar-refractivity contribution in [2.75, 3.05) is 0 Å². The fraction of sp³-hybridized carbons (Fsp3) is 0.250. The molecule has 106 valence electrons. The summed E-state index contributed by atoms with van der Waals surface area (Å²) >= 11 is 0. The third kappa shape index (κ3) is 2.43. The molecule has 0 aliphatic heterocycles. The summed E-state index contributed by atoms with van der Waals surface area (Å²) in [7, 11) is 0. The molecule has 2 aromatic carbocycles. The van der Waals surface area contributed by atoms with Crippen molar-refractivity contribution in [1.82, 2.24) is 0 Å². The number of aliphatic hydroxyl groups excluding tert-OH is 1. The second-order valence-electron chi connectivity index (χ2n) is 4.98. The first-order chi connectivity index (χ1) is 9.32. The molecule has 0 aliphatic rings. The molecule has 0 fully saturated rings. The van der Waals surface area contributed by atoms with E-state index >= 15 is 0 Å². The van der Waals surface area contributed by atoms with E-state index in [9.17, 15) is 18.3 Å². The first-order valence-corrected chi connectivity index (χ1v) is 6.22. The van der Waals surface area contributed by atoms with Crippen LogP contribution in [0.2, 0.25) is 0 Å². The van der Waals surface area contributed by atoms with E-state index in [1.807, 2.05) is 19.1 Å². The highest BCUT2D eigenvalue weighted by molar-refractivity contribution is 5.43. The molecule has 1 N–H and O–H groups in total. The van der Waals surface area contributed by atoms with Gasteiger partial charge in [-0.05, 0) is 43.5 Å². The highest BCUT2D eigenvalue weighted by atomic mass is 19.2. The van der Waals surface area contributed by atoms with Crippen LogP contribution in [0.4, 0.5) is 13.2 Å². The first kappa shape index (κ1) is 14.6. The van der Waals surface area contributed by atoms with E-state index in [0.717, 1.165) is 28.8 Å². The summed E-state index contributed by atoms with van der Waals surface area (Å²) < 4.78 is 40.0. The molecule has 0 saturated carbocycles. The Morgan fingerprint density at radius 1 is 0.900 bits per heavy atom. The second kappa shape index (κ2) is 5.29. The highest BCUT2D eigenvalue weighted by Crippen LogP contribution is 2.31. The van der Waals surface area contributed by atoms with E-state index in [1.54, 1.807) is 13.8 Å². The van der Waals surface area contributed by atoms with Crippen LogP contribution in [0.15, 0.2) is 24.3 Å². The molecule has 0 aliphatic carbocycles. The predicted molar refractivity (Wildman–Crippen MR) is 71.0 cm³/mol. The number of benzene rings is 2. The second-order valence-corrected chi connectivity index (χ2v) is 4.98. The Bertz CT molecular complexity index is 642. The van der Waals surface area contributed by atoms with E-state index in [2.05, 4.69) is 0 Å². The normalized spacial score (nSPS) is 12.6. The third-order valence-electron chi connectivity index (χ3n) is 3.37. The van der Waals surface area contributed by atoms with E-state index in [0.29, 0.717) is 5.56 Å². The Morgan fingerprint density at radius 2 is 1.45 bits per heavy atom. The molecule has 20 heavy (non-hydrogen) atoms. The van der Waals surface area contributed by atoms with Gasteiger partial charge in [-0.25, -0.2) is 13.2 Å². The van der Waals surface area contributed by atoms with Crippen molar-refractivity contribution in [1.29, 1.82) is 0 Å². The Hall–Kier alpha value is -1.81. The van der Waals surface area contributed by atoms with Crippen LogP contribution in [0.1, 0.15) is 33.9 Å². The van der Waals surface area contributed by atoms with Crippen LogP contribution in [0, 0.1) is 38.2 Å². The van der Waals surface area contributed by atoms with Gasteiger partial charge in [-0.2, -0.15) is 0 Å². The van der Waals surface area contributed by atoms with Crippen molar-refractivity contribution in [3.05, 3.63) is 69.5 Å². The van der Waals surface area contributed by atoms with Crippen LogP contribution in [0.25, 0.3) is 0 Å². The lowest BCUT2D eigenvalue weighted by Crippen LogP contribution is -2.09. The maximum absolute atomic E-state index is 13.8. The van der Waals surface area contributed by atoms with Crippen LogP contribution in [-0.4, -0.2) is 5.11 Å². The Morgan fingerprint density at radius 3 is 2.00 bits per heavy atom. The quantitative estimate of drug-likeness (QED) is 0.821. The van der Waals surface area contributed by atoms with Gasteiger partial charge in [0.15, 0.2) is 17.5 Å². The topological polar surface area (TPSA) is 20.2 Å². The Balaban J connectivity index is 2.58. The van der Waals surface area contributed by atoms with Crippen molar-refractivity contribution in [2.45, 2.75) is 26.9 Å². The van der Waals surface area contributed by atoms with Crippen LogP contribution in [-0.2, 0) is 0 Å². The van der Waals surface area contributed by atoms with Crippen molar-refractivity contribution in [3.63, 3.8) is 0 Å². The molecular weight excluding hydrogens is 265 g/mol. The summed E-state index contributed by atoms with van der Waals surface area (Å²) in [4.78, 5) is 0. The third-order valence-corrected chi connectivity index (χ3v) is 3.37. The molecule has 1 atom stereocenters. The summed E-state index contributed by atoms with van der Waals surface area (Å²) in [6, 6.07) is 5.58. The fourth-order valence-electron chi connectivity index (χ4n) is 2.53. The number of halogens is 3. The summed E-state index contributed by atoms with van der Waals surface area (Å²) in [6.45, 7) is 5.49. The lowest BCUT2D eigenvalue weighted by molar-refractivity contribution is 0.211. The summed E-state index contributed by atoms with van der Waals surface area (Å²) in [5.74, 6) is -4.18. The van der Waals surface area contributed by atoms with Crippen LogP contribution >= 0.6 is 0 Å². The van der Waals surface area contributed by atoms with Crippen LogP contribution in [0.5, 0.6) is 0 Å². The summed E-state index contributed by atoms with van der Waals surface area (Å²) in [5, 5.41) is 10.3. The Kier molecular flexibility index (Phi) is 3.86. The minimum absolute atomic E-state index is 0.265. The van der Waals surface area contributed by atoms with E-state index < -0.39 is 23.6 Å². The number of hydrogen-bond acceptors (Lipinski definition) is 1. The largest absolute Gasteiger partial charge is 0.384 e. The van der Waals surface area contributed by atoms with E-state index in [-0.39, 0.29) is 5.56 Å². The molecule has 2 aromatic rings. The SMILES string of the molecule is Cc1cc(C)c(C(O)c2ccc(F)c(F)c2F)c(C)c1. The molecule has 0 heterocycles. The molecule has 0 aromatic heterocycles. The maximum Gasteiger partial charge on any atom is 0.194 e. The van der Waals surface area contributed by atoms with Crippen molar-refractivity contribution < 1.29 is 18.3 Å². The minimum Gasteiger partial charge on any atom is -0.384 e. The van der Waals surface area contributed by atoms with Crippen molar-refractivity contribution in [3.8, 4) is 0 Å². The van der Waals surface area contributed by atoms with Gasteiger partial charge in [0, 0.05) is 5.56 Å². The lowest BCUT2D eigenvalue weighted by Gasteiger charge is -2.18. The fourth-order valence-corrected chi connectivity index (χ4v) is 2.53. The molecular formula is C16H15F3O. The predicted octanol–water partition coefficient (Wildman–Crippen LogP) is 4.11. The first-order valence-electron chi connectivity index (χ1n) is 6.22. The van der Waals surface area contributed by atoms with Gasteiger partial charge >= 0.3 is 0 Å². The minimum atomic E-state index is -1.57. The lowest BCUT2D eigenvalue weighted by atomic mass is 9.91. The standard InChI is InChI=1S/C16H15F3O/c1-8-6-9(2)13(10(3)7-8)16(20)11-4-5-12(17)15(19)14(11)18/h4-7,16,20H,1-3H3. The van der Waals surface area contributed by atoms with Gasteiger partial charge in [0.1, 0.15) is 6.10 Å². The van der Waals surface area contributed by atoms with Crippen LogP contribution in [0.3, 0.4) is 0 Å². The smallest absolute Gasteiger partial charge is 0.194 e. The van der Waals surface area contributed by atoms with E-state index in [4.69, 9.17) is 0 Å². The van der Waals surface area contributed by atoms with Gasteiger partial charge < -0.3 is 5.11 Å². The molecule has 0 bridgehead atoms. The van der Waals surface area contributed by atoms with Gasteiger partial charge in [0.05, 0.1) is 0 Å². The summed E-state index contributed by atoms with van der Waals surface area (Å²) in [6.07, 6.45) is -1.33. The average molecular weight is 280 g/mol. The average Bonchev–Trinajstić information content (AvgIpc) is 2.34. The van der Waals surface area contributed by atoms with Crippen LogP contribution < -0.4 is 0 Å². The molecule has 1 unspecified atom stereocenters. The molecule has 2 rings (SSSR count). The van der Waals surface area contributed by atoms with Crippen molar-refractivity contribution in [2.24, 2.45) is 0 Å². The molecule has 4 heteroatoms. The van der Waals surface area contributed by atoms with Gasteiger partial charge in [-0.15, -0.1) is 0 Å². The zero-order valence-electron chi connectivity index (χ0n) is 11.5. The van der Waals surface area contributed by atoms with E-state index in [1.165, 1.54) is 0 Å². The number of rotatable bonds is 2. The molecule has 0 saturated heterocycles. The number of hydrogen-bond donors (Lipinski definition) is 1. The zero-order chi connectivity index (χ0) is 15.0. The number of aryl methyl sites for hydroxylation is 3. The molecule has 0 amide bonds. The number of aliphatic hydroxyl groups is 1. The maximum atomic E-state index is 13.8. The molecule has 0 spiro atoms.